The first-order valence-corrected chi connectivity index (χ1v) is 12.3. The standard InChI is InChI=1S/C29H27ClF3NO3.ClH/c1-19(21-6-3-2-4-7-21)17-34(18-22-8-5-9-25(28(22)30)29(31,32)33)13-12-24-16-23-14-20(15-27(35)36)10-11-26(23)37-24;/h2-11,14,16,19H,12-13,15,17-18H2,1H3,(H,35,36);1H. The van der Waals surface area contributed by atoms with Gasteiger partial charge >= 0.3 is 12.1 Å². The molecule has 0 radical (unpaired) electrons. The van der Waals surface area contributed by atoms with Gasteiger partial charge in [-0.05, 0) is 46.9 Å². The molecular formula is C29H28Cl2F3NO3. The molecule has 0 aliphatic heterocycles. The van der Waals surface area contributed by atoms with Crippen LogP contribution in [0.5, 0.6) is 0 Å². The molecule has 0 saturated carbocycles. The van der Waals surface area contributed by atoms with Gasteiger partial charge in [0, 0.05) is 31.4 Å². The highest BCUT2D eigenvalue weighted by Crippen LogP contribution is 2.36. The molecule has 0 amide bonds. The molecule has 3 aromatic carbocycles. The summed E-state index contributed by atoms with van der Waals surface area (Å²) < 4.78 is 46.2. The van der Waals surface area contributed by atoms with Crippen LogP contribution in [0, 0.1) is 0 Å². The van der Waals surface area contributed by atoms with Gasteiger partial charge in [0.05, 0.1) is 17.0 Å². The van der Waals surface area contributed by atoms with Gasteiger partial charge in [0.25, 0.3) is 0 Å². The smallest absolute Gasteiger partial charge is 0.417 e. The largest absolute Gasteiger partial charge is 0.481 e. The summed E-state index contributed by atoms with van der Waals surface area (Å²) >= 11 is 6.21. The van der Waals surface area contributed by atoms with E-state index < -0.39 is 17.7 Å². The third-order valence-electron chi connectivity index (χ3n) is 6.34. The zero-order chi connectivity index (χ0) is 26.6. The van der Waals surface area contributed by atoms with Gasteiger partial charge < -0.3 is 9.52 Å². The molecule has 38 heavy (non-hydrogen) atoms. The van der Waals surface area contributed by atoms with E-state index in [1.165, 1.54) is 6.07 Å². The zero-order valence-corrected chi connectivity index (χ0v) is 22.2. The summed E-state index contributed by atoms with van der Waals surface area (Å²) in [6.45, 7) is 3.48. The first kappa shape index (κ1) is 29.6. The monoisotopic (exact) mass is 565 g/mol. The Balaban J connectivity index is 0.00000400. The topological polar surface area (TPSA) is 53.7 Å². The molecule has 9 heteroatoms. The Kier molecular flexibility index (Phi) is 9.88. The number of halogens is 5. The number of nitrogens with zero attached hydrogens (tertiary/aromatic N) is 1. The van der Waals surface area contributed by atoms with Crippen LogP contribution in [0.15, 0.2) is 77.2 Å². The summed E-state index contributed by atoms with van der Waals surface area (Å²) in [7, 11) is 0. The van der Waals surface area contributed by atoms with E-state index in [1.54, 1.807) is 24.3 Å². The van der Waals surface area contributed by atoms with Crippen molar-refractivity contribution in [3.8, 4) is 0 Å². The Bertz CT molecular complexity index is 1370. The molecule has 1 aromatic heterocycles. The fourth-order valence-corrected chi connectivity index (χ4v) is 4.79. The highest BCUT2D eigenvalue weighted by Gasteiger charge is 2.34. The van der Waals surface area contributed by atoms with Gasteiger partial charge in [0.15, 0.2) is 0 Å². The van der Waals surface area contributed by atoms with Gasteiger partial charge in [-0.2, -0.15) is 13.2 Å². The van der Waals surface area contributed by atoms with Gasteiger partial charge in [0.2, 0.25) is 0 Å². The normalized spacial score (nSPS) is 12.5. The Labute approximate surface area is 230 Å². The van der Waals surface area contributed by atoms with Crippen LogP contribution >= 0.6 is 24.0 Å². The fourth-order valence-electron chi connectivity index (χ4n) is 4.49. The van der Waals surface area contributed by atoms with E-state index in [4.69, 9.17) is 21.1 Å². The second-order valence-electron chi connectivity index (χ2n) is 9.23. The molecule has 1 atom stereocenters. The van der Waals surface area contributed by atoms with Crippen molar-refractivity contribution in [2.75, 3.05) is 13.1 Å². The Morgan fingerprint density at radius 2 is 1.79 bits per heavy atom. The highest BCUT2D eigenvalue weighted by atomic mass is 35.5. The van der Waals surface area contributed by atoms with Gasteiger partial charge in [-0.1, -0.05) is 67.1 Å². The lowest BCUT2D eigenvalue weighted by molar-refractivity contribution is -0.138. The summed E-state index contributed by atoms with van der Waals surface area (Å²) in [5.41, 5.74) is 2.06. The molecule has 0 fully saturated rings. The maximum Gasteiger partial charge on any atom is 0.417 e. The number of hydrogen-bond donors (Lipinski definition) is 1. The molecule has 1 N–H and O–H groups in total. The third-order valence-corrected chi connectivity index (χ3v) is 6.79. The van der Waals surface area contributed by atoms with Gasteiger partial charge in [0.1, 0.15) is 11.3 Å². The molecular weight excluding hydrogens is 538 g/mol. The van der Waals surface area contributed by atoms with Crippen LogP contribution in [0.3, 0.4) is 0 Å². The molecule has 0 spiro atoms. The number of benzene rings is 3. The Hall–Kier alpha value is -3.00. The van der Waals surface area contributed by atoms with Crippen molar-refractivity contribution in [1.29, 1.82) is 0 Å². The average molecular weight is 566 g/mol. The summed E-state index contributed by atoms with van der Waals surface area (Å²) in [6.07, 6.45) is -4.07. The third kappa shape index (κ3) is 7.53. The van der Waals surface area contributed by atoms with Crippen molar-refractivity contribution in [2.45, 2.75) is 38.4 Å². The molecule has 0 bridgehead atoms. The lowest BCUT2D eigenvalue weighted by atomic mass is 10.00. The van der Waals surface area contributed by atoms with E-state index in [0.29, 0.717) is 36.2 Å². The number of alkyl halides is 3. The first-order valence-electron chi connectivity index (χ1n) is 11.9. The summed E-state index contributed by atoms with van der Waals surface area (Å²) in [5.74, 6) is -0.0468. The minimum Gasteiger partial charge on any atom is -0.481 e. The number of furan rings is 1. The lowest BCUT2D eigenvalue weighted by Gasteiger charge is -2.27. The number of carboxylic acid groups (broad SMARTS) is 1. The maximum atomic E-state index is 13.4. The summed E-state index contributed by atoms with van der Waals surface area (Å²) in [4.78, 5) is 13.1. The molecule has 4 rings (SSSR count). The SMILES string of the molecule is CC(CN(CCc1cc2cc(CC(=O)O)ccc2o1)Cc1cccc(C(F)(F)F)c1Cl)c1ccccc1.Cl. The van der Waals surface area contributed by atoms with Crippen molar-refractivity contribution < 1.29 is 27.5 Å². The molecule has 4 nitrogen and oxygen atoms in total. The van der Waals surface area contributed by atoms with E-state index >= 15 is 0 Å². The molecule has 0 aliphatic rings. The Morgan fingerprint density at radius 1 is 1.05 bits per heavy atom. The summed E-state index contributed by atoms with van der Waals surface area (Å²) in [5, 5.41) is 9.59. The number of carbonyl (C=O) groups is 1. The quantitative estimate of drug-likeness (QED) is 0.211. The number of aliphatic carboxylic acids is 1. The second-order valence-corrected chi connectivity index (χ2v) is 9.61. The minimum absolute atomic E-state index is 0. The second kappa shape index (κ2) is 12.7. The van der Waals surface area contributed by atoms with Crippen LogP contribution in [0.2, 0.25) is 5.02 Å². The molecule has 4 aromatic rings. The number of fused-ring (bicyclic) bond motifs is 1. The molecule has 0 saturated heterocycles. The first-order chi connectivity index (χ1) is 17.6. The molecule has 1 heterocycles. The van der Waals surface area contributed by atoms with E-state index in [0.717, 1.165) is 22.8 Å². The lowest BCUT2D eigenvalue weighted by Crippen LogP contribution is -2.30. The maximum absolute atomic E-state index is 13.4. The van der Waals surface area contributed by atoms with Gasteiger partial charge in [-0.3, -0.25) is 9.69 Å². The van der Waals surface area contributed by atoms with Crippen molar-refractivity contribution in [3.05, 3.63) is 106 Å². The van der Waals surface area contributed by atoms with Crippen molar-refractivity contribution in [3.63, 3.8) is 0 Å². The van der Waals surface area contributed by atoms with Crippen LogP contribution in [0.1, 0.15) is 40.9 Å². The number of rotatable bonds is 10. The fraction of sp³-hybridized carbons (Fsp3) is 0.276. The Morgan fingerprint density at radius 3 is 2.47 bits per heavy atom. The van der Waals surface area contributed by atoms with Crippen molar-refractivity contribution in [1.82, 2.24) is 4.90 Å². The van der Waals surface area contributed by atoms with Gasteiger partial charge in [-0.25, -0.2) is 0 Å². The van der Waals surface area contributed by atoms with E-state index in [9.17, 15) is 18.0 Å². The van der Waals surface area contributed by atoms with Crippen molar-refractivity contribution >= 4 is 40.9 Å². The molecule has 202 valence electrons. The van der Waals surface area contributed by atoms with Crippen LogP contribution in [-0.2, 0) is 30.4 Å². The van der Waals surface area contributed by atoms with E-state index in [-0.39, 0.29) is 36.3 Å². The number of hydrogen-bond acceptors (Lipinski definition) is 3. The van der Waals surface area contributed by atoms with Crippen LogP contribution in [-0.4, -0.2) is 29.1 Å². The van der Waals surface area contributed by atoms with Gasteiger partial charge in [-0.15, -0.1) is 12.4 Å². The predicted molar refractivity (Wildman–Crippen MR) is 145 cm³/mol. The predicted octanol–water partition coefficient (Wildman–Crippen LogP) is 8.00. The van der Waals surface area contributed by atoms with Crippen LogP contribution < -0.4 is 0 Å². The van der Waals surface area contributed by atoms with Crippen molar-refractivity contribution in [2.24, 2.45) is 0 Å². The van der Waals surface area contributed by atoms with E-state index in [1.807, 2.05) is 36.4 Å². The van der Waals surface area contributed by atoms with Crippen LogP contribution in [0.25, 0.3) is 11.0 Å². The molecule has 1 unspecified atom stereocenters. The summed E-state index contributed by atoms with van der Waals surface area (Å²) in [6, 6.07) is 21.1. The highest BCUT2D eigenvalue weighted by molar-refractivity contribution is 6.32. The average Bonchev–Trinajstić information content (AvgIpc) is 3.25. The minimum atomic E-state index is -4.52. The van der Waals surface area contributed by atoms with Crippen LogP contribution in [0.4, 0.5) is 13.2 Å². The molecule has 0 aliphatic carbocycles. The van der Waals surface area contributed by atoms with E-state index in [2.05, 4.69) is 11.8 Å². The zero-order valence-electron chi connectivity index (χ0n) is 20.7. The number of carboxylic acids is 1.